The maximum Gasteiger partial charge on any atom is 0.337 e. The lowest BCUT2D eigenvalue weighted by molar-refractivity contribution is 0.0600. The van der Waals surface area contributed by atoms with Gasteiger partial charge in [0.1, 0.15) is 10.6 Å². The lowest BCUT2D eigenvalue weighted by Gasteiger charge is -2.11. The Kier molecular flexibility index (Phi) is 6.91. The lowest BCUT2D eigenvalue weighted by atomic mass is 10.0. The fourth-order valence-corrected chi connectivity index (χ4v) is 4.58. The fourth-order valence-electron chi connectivity index (χ4n) is 2.90. The number of rotatable bonds is 7. The van der Waals surface area contributed by atoms with Gasteiger partial charge in [-0.25, -0.2) is 17.9 Å². The number of nitrogens with one attached hydrogen (secondary N) is 1. The molecule has 0 aliphatic carbocycles. The number of halogens is 1. The van der Waals surface area contributed by atoms with Gasteiger partial charge in [-0.2, -0.15) is 0 Å². The zero-order valence-corrected chi connectivity index (χ0v) is 18.8. The second-order valence-electron chi connectivity index (χ2n) is 6.39. The average molecular weight is 490 g/mol. The van der Waals surface area contributed by atoms with E-state index >= 15 is 0 Å². The van der Waals surface area contributed by atoms with E-state index < -0.39 is 16.0 Å². The summed E-state index contributed by atoms with van der Waals surface area (Å²) >= 11 is 3.41. The van der Waals surface area contributed by atoms with Crippen molar-refractivity contribution in [3.8, 4) is 16.9 Å². The monoisotopic (exact) mass is 489 g/mol. The molecule has 0 bridgehead atoms. The molecule has 3 rings (SSSR count). The van der Waals surface area contributed by atoms with Crippen molar-refractivity contribution >= 4 is 31.9 Å². The summed E-state index contributed by atoms with van der Waals surface area (Å²) in [6, 6.07) is 19.2. The highest BCUT2D eigenvalue weighted by Gasteiger charge is 2.18. The maximum atomic E-state index is 12.6. The van der Waals surface area contributed by atoms with Crippen LogP contribution in [0, 0.1) is 0 Å². The second-order valence-corrected chi connectivity index (χ2v) is 9.04. The molecule has 6 nitrogen and oxygen atoms in total. The molecule has 0 aromatic heterocycles. The number of hydrogen-bond donors (Lipinski definition) is 1. The van der Waals surface area contributed by atoms with Crippen molar-refractivity contribution in [1.29, 1.82) is 0 Å². The minimum atomic E-state index is -3.72. The number of esters is 1. The van der Waals surface area contributed by atoms with Gasteiger partial charge in [0.05, 0.1) is 19.8 Å². The van der Waals surface area contributed by atoms with Crippen LogP contribution in [-0.4, -0.2) is 28.6 Å². The van der Waals surface area contributed by atoms with Gasteiger partial charge >= 0.3 is 5.97 Å². The number of benzene rings is 3. The number of methoxy groups -OCH3 is 2. The number of carbonyl (C=O) groups excluding carboxylic acids is 1. The summed E-state index contributed by atoms with van der Waals surface area (Å²) in [5, 5.41) is 0. The molecule has 0 spiro atoms. The molecule has 0 saturated carbocycles. The number of carbonyl (C=O) groups is 1. The molecular weight excluding hydrogens is 470 g/mol. The van der Waals surface area contributed by atoms with E-state index in [0.29, 0.717) is 5.56 Å². The third-order valence-corrected chi connectivity index (χ3v) is 6.33. The Morgan fingerprint density at radius 2 is 1.67 bits per heavy atom. The van der Waals surface area contributed by atoms with Gasteiger partial charge in [-0.3, -0.25) is 0 Å². The van der Waals surface area contributed by atoms with Gasteiger partial charge in [0.25, 0.3) is 0 Å². The predicted octanol–water partition coefficient (Wildman–Crippen LogP) is 4.39. The van der Waals surface area contributed by atoms with Crippen molar-refractivity contribution in [2.45, 2.75) is 11.4 Å². The highest BCUT2D eigenvalue weighted by Crippen LogP contribution is 2.26. The third kappa shape index (κ3) is 5.08. The molecule has 0 atom stereocenters. The van der Waals surface area contributed by atoms with Crippen molar-refractivity contribution in [1.82, 2.24) is 4.72 Å². The Morgan fingerprint density at radius 3 is 2.33 bits per heavy atom. The topological polar surface area (TPSA) is 81.7 Å². The maximum absolute atomic E-state index is 12.6. The van der Waals surface area contributed by atoms with Crippen molar-refractivity contribution in [3.63, 3.8) is 0 Å². The van der Waals surface area contributed by atoms with Gasteiger partial charge in [0.15, 0.2) is 0 Å². The Morgan fingerprint density at radius 1 is 0.967 bits per heavy atom. The first kappa shape index (κ1) is 22.0. The molecular formula is C22H20BrNO5S. The molecule has 3 aromatic carbocycles. The summed E-state index contributed by atoms with van der Waals surface area (Å²) in [6.07, 6.45) is 0. The molecule has 30 heavy (non-hydrogen) atoms. The molecule has 156 valence electrons. The molecule has 3 aromatic rings. The van der Waals surface area contributed by atoms with Crippen LogP contribution in [-0.2, 0) is 21.3 Å². The first-order chi connectivity index (χ1) is 14.3. The van der Waals surface area contributed by atoms with E-state index in [4.69, 9.17) is 9.47 Å². The van der Waals surface area contributed by atoms with E-state index in [1.807, 2.05) is 30.3 Å². The molecule has 0 heterocycles. The van der Waals surface area contributed by atoms with Crippen LogP contribution in [0.25, 0.3) is 11.1 Å². The Balaban J connectivity index is 1.77. The Hall–Kier alpha value is -2.68. The van der Waals surface area contributed by atoms with Crippen LogP contribution in [0.3, 0.4) is 0 Å². The number of hydrogen-bond acceptors (Lipinski definition) is 5. The number of para-hydroxylation sites is 1. The third-order valence-electron chi connectivity index (χ3n) is 4.43. The molecule has 0 radical (unpaired) electrons. The molecule has 0 fully saturated rings. The lowest BCUT2D eigenvalue weighted by Crippen LogP contribution is -2.23. The summed E-state index contributed by atoms with van der Waals surface area (Å²) in [5.74, 6) is -0.128. The van der Waals surface area contributed by atoms with Crippen molar-refractivity contribution in [3.05, 3.63) is 82.3 Å². The van der Waals surface area contributed by atoms with Crippen LogP contribution in [0.1, 0.15) is 15.9 Å². The van der Waals surface area contributed by atoms with Crippen LogP contribution in [0.2, 0.25) is 0 Å². The van der Waals surface area contributed by atoms with Crippen molar-refractivity contribution < 1.29 is 22.7 Å². The van der Waals surface area contributed by atoms with Crippen LogP contribution in [0.5, 0.6) is 5.75 Å². The standard InChI is InChI=1S/C22H20BrNO5S/c1-28-20-5-3-4-6-21(20)30(26,27)24-14-15-7-9-16(10-8-15)17-11-18(22(25)29-2)13-19(23)12-17/h3-13,24H,14H2,1-2H3. The predicted molar refractivity (Wildman–Crippen MR) is 118 cm³/mol. The summed E-state index contributed by atoms with van der Waals surface area (Å²) in [7, 11) is -0.952. The van der Waals surface area contributed by atoms with Gasteiger partial charge in [-0.1, -0.05) is 52.3 Å². The van der Waals surface area contributed by atoms with E-state index in [1.165, 1.54) is 20.3 Å². The SMILES string of the molecule is COC(=O)c1cc(Br)cc(-c2ccc(CNS(=O)(=O)c3ccccc3OC)cc2)c1. The van der Waals surface area contributed by atoms with Crippen molar-refractivity contribution in [2.24, 2.45) is 0 Å². The molecule has 8 heteroatoms. The van der Waals surface area contributed by atoms with Crippen LogP contribution < -0.4 is 9.46 Å². The first-order valence-electron chi connectivity index (χ1n) is 8.95. The molecule has 1 N–H and O–H groups in total. The normalized spacial score (nSPS) is 11.2. The largest absolute Gasteiger partial charge is 0.495 e. The number of ether oxygens (including phenoxy) is 2. The summed E-state index contributed by atoms with van der Waals surface area (Å²) < 4.78 is 38.5. The Labute approximate surface area is 184 Å². The van der Waals surface area contributed by atoms with Gasteiger partial charge in [-0.05, 0) is 47.0 Å². The molecule has 0 amide bonds. The second kappa shape index (κ2) is 9.42. The molecule has 0 unspecified atom stereocenters. The van der Waals surface area contributed by atoms with E-state index in [0.717, 1.165) is 21.2 Å². The smallest absolute Gasteiger partial charge is 0.337 e. The minimum Gasteiger partial charge on any atom is -0.495 e. The van der Waals surface area contributed by atoms with Gasteiger partial charge in [0.2, 0.25) is 10.0 Å². The van der Waals surface area contributed by atoms with E-state index in [1.54, 1.807) is 30.3 Å². The van der Waals surface area contributed by atoms with Gasteiger partial charge < -0.3 is 9.47 Å². The summed E-state index contributed by atoms with van der Waals surface area (Å²) in [5.41, 5.74) is 2.96. The van der Waals surface area contributed by atoms with Crippen LogP contribution in [0.15, 0.2) is 76.1 Å². The Bertz CT molecular complexity index is 1160. The average Bonchev–Trinajstić information content (AvgIpc) is 2.77. The van der Waals surface area contributed by atoms with Gasteiger partial charge in [-0.15, -0.1) is 0 Å². The molecule has 0 saturated heterocycles. The quantitative estimate of drug-likeness (QED) is 0.497. The zero-order chi connectivity index (χ0) is 21.7. The summed E-state index contributed by atoms with van der Waals surface area (Å²) in [4.78, 5) is 11.9. The van der Waals surface area contributed by atoms with E-state index in [2.05, 4.69) is 20.7 Å². The molecule has 0 aliphatic rings. The number of sulfonamides is 1. The first-order valence-corrected chi connectivity index (χ1v) is 11.2. The minimum absolute atomic E-state index is 0.0913. The highest BCUT2D eigenvalue weighted by atomic mass is 79.9. The summed E-state index contributed by atoms with van der Waals surface area (Å²) in [6.45, 7) is 0.132. The van der Waals surface area contributed by atoms with Crippen molar-refractivity contribution in [2.75, 3.05) is 14.2 Å². The van der Waals surface area contributed by atoms with Crippen LogP contribution >= 0.6 is 15.9 Å². The zero-order valence-electron chi connectivity index (χ0n) is 16.4. The fraction of sp³-hybridized carbons (Fsp3) is 0.136. The van der Waals surface area contributed by atoms with E-state index in [9.17, 15) is 13.2 Å². The van der Waals surface area contributed by atoms with E-state index in [-0.39, 0.29) is 17.2 Å². The highest BCUT2D eigenvalue weighted by molar-refractivity contribution is 9.10. The van der Waals surface area contributed by atoms with Gasteiger partial charge in [0, 0.05) is 11.0 Å². The molecule has 0 aliphatic heterocycles. The van der Waals surface area contributed by atoms with Crippen LogP contribution in [0.4, 0.5) is 0 Å².